The largest absolute Gasteiger partial charge is 0.389 e. The first-order valence-corrected chi connectivity index (χ1v) is 6.41. The van der Waals surface area contributed by atoms with Gasteiger partial charge in [0.15, 0.2) is 0 Å². The van der Waals surface area contributed by atoms with Gasteiger partial charge < -0.3 is 10.0 Å². The third kappa shape index (κ3) is 3.88. The van der Waals surface area contributed by atoms with Crippen LogP contribution in [0.1, 0.15) is 19.5 Å². The Bertz CT molecular complexity index is 469. The van der Waals surface area contributed by atoms with Crippen LogP contribution in [0.2, 0.25) is 0 Å². The van der Waals surface area contributed by atoms with Crippen LogP contribution in [0, 0.1) is 11.3 Å². The van der Waals surface area contributed by atoms with Crippen molar-refractivity contribution < 1.29 is 5.11 Å². The highest BCUT2D eigenvalue weighted by Gasteiger charge is 2.23. The summed E-state index contributed by atoms with van der Waals surface area (Å²) in [5.41, 5.74) is -0.275. The van der Waals surface area contributed by atoms with Gasteiger partial charge in [0.25, 0.3) is 0 Å². The molecule has 0 saturated carbocycles. The van der Waals surface area contributed by atoms with Crippen LogP contribution in [0.5, 0.6) is 0 Å². The fourth-order valence-corrected chi connectivity index (χ4v) is 2.22. The number of anilines is 1. The van der Waals surface area contributed by atoms with E-state index in [0.717, 1.165) is 26.2 Å². The van der Waals surface area contributed by atoms with Gasteiger partial charge in [-0.2, -0.15) is 5.26 Å². The Morgan fingerprint density at radius 1 is 1.37 bits per heavy atom. The third-order valence-corrected chi connectivity index (χ3v) is 3.02. The minimum atomic E-state index is -0.667. The molecular formula is C13H19N5O. The maximum atomic E-state index is 9.81. The van der Waals surface area contributed by atoms with Crippen molar-refractivity contribution in [2.24, 2.45) is 0 Å². The molecule has 6 heteroatoms. The Balaban J connectivity index is 1.94. The lowest BCUT2D eigenvalue weighted by molar-refractivity contribution is 0.0344. The number of rotatable bonds is 3. The predicted molar refractivity (Wildman–Crippen MR) is 71.7 cm³/mol. The summed E-state index contributed by atoms with van der Waals surface area (Å²) >= 11 is 0. The lowest BCUT2D eigenvalue weighted by Gasteiger charge is -2.37. The van der Waals surface area contributed by atoms with Crippen LogP contribution in [-0.4, -0.2) is 58.3 Å². The van der Waals surface area contributed by atoms with Crippen LogP contribution in [-0.2, 0) is 0 Å². The van der Waals surface area contributed by atoms with E-state index >= 15 is 0 Å². The van der Waals surface area contributed by atoms with Crippen LogP contribution in [0.25, 0.3) is 0 Å². The number of aliphatic hydroxyl groups is 1. The number of piperazine rings is 1. The highest BCUT2D eigenvalue weighted by atomic mass is 16.3. The molecule has 0 atom stereocenters. The van der Waals surface area contributed by atoms with Crippen molar-refractivity contribution in [3.8, 4) is 6.07 Å². The van der Waals surface area contributed by atoms with Crippen molar-refractivity contribution >= 4 is 5.95 Å². The van der Waals surface area contributed by atoms with Crippen molar-refractivity contribution in [1.82, 2.24) is 14.9 Å². The molecule has 1 aromatic rings. The molecule has 1 N–H and O–H groups in total. The normalized spacial score (nSPS) is 17.3. The van der Waals surface area contributed by atoms with E-state index in [1.165, 1.54) is 0 Å². The van der Waals surface area contributed by atoms with E-state index in [4.69, 9.17) is 5.26 Å². The fourth-order valence-electron chi connectivity index (χ4n) is 2.22. The number of nitriles is 1. The molecule has 19 heavy (non-hydrogen) atoms. The molecule has 102 valence electrons. The average Bonchev–Trinajstić information content (AvgIpc) is 2.38. The second-order valence-corrected chi connectivity index (χ2v) is 5.43. The zero-order valence-corrected chi connectivity index (χ0v) is 11.4. The maximum Gasteiger partial charge on any atom is 0.226 e. The lowest BCUT2D eigenvalue weighted by atomic mass is 10.1. The molecule has 0 radical (unpaired) electrons. The number of hydrogen-bond donors (Lipinski definition) is 1. The maximum absolute atomic E-state index is 9.81. The molecule has 1 aromatic heterocycles. The van der Waals surface area contributed by atoms with Gasteiger partial charge in [-0.1, -0.05) is 0 Å². The summed E-state index contributed by atoms with van der Waals surface area (Å²) in [6, 6.07) is 3.63. The van der Waals surface area contributed by atoms with E-state index in [0.29, 0.717) is 18.2 Å². The Labute approximate surface area is 113 Å². The Kier molecular flexibility index (Phi) is 3.98. The molecule has 0 aromatic carbocycles. The Morgan fingerprint density at radius 3 is 2.63 bits per heavy atom. The molecular weight excluding hydrogens is 242 g/mol. The predicted octanol–water partition coefficient (Wildman–Crippen LogP) is 0.241. The number of nitrogens with zero attached hydrogens (tertiary/aromatic N) is 5. The first-order valence-electron chi connectivity index (χ1n) is 6.41. The van der Waals surface area contributed by atoms with Gasteiger partial charge in [0.2, 0.25) is 5.95 Å². The molecule has 0 spiro atoms. The zero-order chi connectivity index (χ0) is 13.9. The van der Waals surface area contributed by atoms with Gasteiger partial charge in [-0.3, -0.25) is 4.90 Å². The molecule has 1 fully saturated rings. The highest BCUT2D eigenvalue weighted by molar-refractivity contribution is 5.34. The molecule has 0 unspecified atom stereocenters. The van der Waals surface area contributed by atoms with Crippen molar-refractivity contribution in [2.45, 2.75) is 19.4 Å². The molecule has 1 saturated heterocycles. The van der Waals surface area contributed by atoms with Crippen LogP contribution < -0.4 is 4.90 Å². The first-order chi connectivity index (χ1) is 8.98. The van der Waals surface area contributed by atoms with Crippen molar-refractivity contribution in [3.05, 3.63) is 18.0 Å². The molecule has 2 rings (SSSR count). The number of hydrogen-bond acceptors (Lipinski definition) is 6. The van der Waals surface area contributed by atoms with E-state index in [1.807, 2.05) is 19.9 Å². The molecule has 2 heterocycles. The SMILES string of the molecule is CC(C)(O)CN1CCN(c2nccc(C#N)n2)CC1. The van der Waals surface area contributed by atoms with Crippen molar-refractivity contribution in [3.63, 3.8) is 0 Å². The third-order valence-electron chi connectivity index (χ3n) is 3.02. The van der Waals surface area contributed by atoms with Crippen LogP contribution >= 0.6 is 0 Å². The molecule has 1 aliphatic rings. The molecule has 1 aliphatic heterocycles. The van der Waals surface area contributed by atoms with Crippen LogP contribution in [0.3, 0.4) is 0 Å². The molecule has 0 amide bonds. The van der Waals surface area contributed by atoms with Gasteiger partial charge in [-0.15, -0.1) is 0 Å². The van der Waals surface area contributed by atoms with E-state index in [-0.39, 0.29) is 0 Å². The Hall–Kier alpha value is -1.71. The van der Waals surface area contributed by atoms with Crippen LogP contribution in [0.4, 0.5) is 5.95 Å². The van der Waals surface area contributed by atoms with E-state index < -0.39 is 5.60 Å². The minimum Gasteiger partial charge on any atom is -0.389 e. The van der Waals surface area contributed by atoms with Gasteiger partial charge in [0, 0.05) is 38.9 Å². The first kappa shape index (κ1) is 13.7. The van der Waals surface area contributed by atoms with E-state index in [1.54, 1.807) is 12.3 Å². The average molecular weight is 261 g/mol. The summed E-state index contributed by atoms with van der Waals surface area (Å²) in [5.74, 6) is 0.613. The van der Waals surface area contributed by atoms with Crippen LogP contribution in [0.15, 0.2) is 12.3 Å². The second-order valence-electron chi connectivity index (χ2n) is 5.43. The van der Waals surface area contributed by atoms with Crippen molar-refractivity contribution in [1.29, 1.82) is 5.26 Å². The minimum absolute atomic E-state index is 0.393. The Morgan fingerprint density at radius 2 is 2.05 bits per heavy atom. The van der Waals surface area contributed by atoms with Gasteiger partial charge in [-0.25, -0.2) is 9.97 Å². The molecule has 0 bridgehead atoms. The summed E-state index contributed by atoms with van der Waals surface area (Å²) in [6.45, 7) is 7.65. The molecule has 6 nitrogen and oxygen atoms in total. The quantitative estimate of drug-likeness (QED) is 0.840. The van der Waals surface area contributed by atoms with Gasteiger partial charge in [0.1, 0.15) is 11.8 Å². The molecule has 0 aliphatic carbocycles. The van der Waals surface area contributed by atoms with Crippen molar-refractivity contribution in [2.75, 3.05) is 37.6 Å². The number of β-amino-alcohol motifs (C(OH)–C–C–N with tert-alkyl or cyclic N) is 1. The smallest absolute Gasteiger partial charge is 0.226 e. The van der Waals surface area contributed by atoms with Gasteiger partial charge >= 0.3 is 0 Å². The second kappa shape index (κ2) is 5.51. The summed E-state index contributed by atoms with van der Waals surface area (Å²) < 4.78 is 0. The summed E-state index contributed by atoms with van der Waals surface area (Å²) in [4.78, 5) is 12.7. The van der Waals surface area contributed by atoms with Gasteiger partial charge in [0.05, 0.1) is 5.60 Å². The van der Waals surface area contributed by atoms with Gasteiger partial charge in [-0.05, 0) is 19.9 Å². The highest BCUT2D eigenvalue weighted by Crippen LogP contribution is 2.13. The fraction of sp³-hybridized carbons (Fsp3) is 0.615. The topological polar surface area (TPSA) is 76.3 Å². The summed E-state index contributed by atoms with van der Waals surface area (Å²) in [5, 5.41) is 18.6. The summed E-state index contributed by atoms with van der Waals surface area (Å²) in [6.07, 6.45) is 1.62. The van der Waals surface area contributed by atoms with E-state index in [2.05, 4.69) is 19.8 Å². The lowest BCUT2D eigenvalue weighted by Crippen LogP contribution is -2.50. The standard InChI is InChI=1S/C13H19N5O/c1-13(2,19)10-17-5-7-18(8-6-17)12-15-4-3-11(9-14)16-12/h3-4,19H,5-8,10H2,1-2H3. The monoisotopic (exact) mass is 261 g/mol. The zero-order valence-electron chi connectivity index (χ0n) is 11.4. The summed E-state index contributed by atoms with van der Waals surface area (Å²) in [7, 11) is 0. The number of aromatic nitrogens is 2. The van der Waals surface area contributed by atoms with E-state index in [9.17, 15) is 5.11 Å².